The van der Waals surface area contributed by atoms with E-state index in [2.05, 4.69) is 5.32 Å². The zero-order valence-corrected chi connectivity index (χ0v) is 10.4. The standard InChI is InChI=1S/C10H22N2O2.ClH/c1-9(11)5-6-10(13)12-7-3-4-8-14-2;/h9H,3-8,11H2,1-2H3,(H,12,13);1H. The third-order valence-electron chi connectivity index (χ3n) is 1.92. The molecule has 5 heteroatoms. The SMILES string of the molecule is COCCCCNC(=O)CCC(C)N.Cl. The summed E-state index contributed by atoms with van der Waals surface area (Å²) in [7, 11) is 1.68. The van der Waals surface area contributed by atoms with Crippen molar-refractivity contribution in [3.63, 3.8) is 0 Å². The Bertz CT molecular complexity index is 154. The Hall–Kier alpha value is -0.320. The molecule has 0 rings (SSSR count). The number of hydrogen-bond donors (Lipinski definition) is 2. The molecule has 0 aliphatic rings. The van der Waals surface area contributed by atoms with E-state index < -0.39 is 0 Å². The van der Waals surface area contributed by atoms with Crippen LogP contribution in [-0.4, -0.2) is 32.2 Å². The van der Waals surface area contributed by atoms with Gasteiger partial charge in [0, 0.05) is 32.7 Å². The van der Waals surface area contributed by atoms with E-state index in [9.17, 15) is 4.79 Å². The Morgan fingerprint density at radius 2 is 2.13 bits per heavy atom. The molecule has 0 fully saturated rings. The molecule has 0 aliphatic heterocycles. The van der Waals surface area contributed by atoms with E-state index in [1.165, 1.54) is 0 Å². The summed E-state index contributed by atoms with van der Waals surface area (Å²) in [5.41, 5.74) is 5.54. The highest BCUT2D eigenvalue weighted by atomic mass is 35.5. The van der Waals surface area contributed by atoms with Gasteiger partial charge in [-0.05, 0) is 26.2 Å². The Balaban J connectivity index is 0. The van der Waals surface area contributed by atoms with Crippen molar-refractivity contribution in [3.05, 3.63) is 0 Å². The fraction of sp³-hybridized carbons (Fsp3) is 0.900. The van der Waals surface area contributed by atoms with E-state index in [0.29, 0.717) is 6.42 Å². The highest BCUT2D eigenvalue weighted by Gasteiger charge is 2.01. The summed E-state index contributed by atoms with van der Waals surface area (Å²) >= 11 is 0. The van der Waals surface area contributed by atoms with Crippen LogP contribution in [0.15, 0.2) is 0 Å². The van der Waals surface area contributed by atoms with Gasteiger partial charge >= 0.3 is 0 Å². The maximum atomic E-state index is 11.2. The van der Waals surface area contributed by atoms with Gasteiger partial charge in [-0.2, -0.15) is 0 Å². The first-order valence-corrected chi connectivity index (χ1v) is 5.18. The summed E-state index contributed by atoms with van der Waals surface area (Å²) in [5.74, 6) is 0.0970. The number of carbonyl (C=O) groups excluding carboxylic acids is 1. The van der Waals surface area contributed by atoms with Crippen molar-refractivity contribution >= 4 is 18.3 Å². The fourth-order valence-electron chi connectivity index (χ4n) is 1.05. The van der Waals surface area contributed by atoms with Gasteiger partial charge in [0.15, 0.2) is 0 Å². The lowest BCUT2D eigenvalue weighted by atomic mass is 10.2. The second-order valence-corrected chi connectivity index (χ2v) is 3.57. The fourth-order valence-corrected chi connectivity index (χ4v) is 1.05. The number of hydrogen-bond acceptors (Lipinski definition) is 3. The minimum Gasteiger partial charge on any atom is -0.385 e. The number of amides is 1. The lowest BCUT2D eigenvalue weighted by molar-refractivity contribution is -0.121. The first-order valence-electron chi connectivity index (χ1n) is 5.18. The van der Waals surface area contributed by atoms with Crippen molar-refractivity contribution in [3.8, 4) is 0 Å². The third-order valence-corrected chi connectivity index (χ3v) is 1.92. The van der Waals surface area contributed by atoms with Gasteiger partial charge in [0.1, 0.15) is 0 Å². The van der Waals surface area contributed by atoms with Gasteiger partial charge in [-0.15, -0.1) is 12.4 Å². The summed E-state index contributed by atoms with van der Waals surface area (Å²) in [6, 6.07) is 0.106. The number of halogens is 1. The van der Waals surface area contributed by atoms with E-state index in [4.69, 9.17) is 10.5 Å². The molecule has 15 heavy (non-hydrogen) atoms. The van der Waals surface area contributed by atoms with E-state index in [0.717, 1.165) is 32.4 Å². The smallest absolute Gasteiger partial charge is 0.220 e. The van der Waals surface area contributed by atoms with Gasteiger partial charge in [-0.3, -0.25) is 4.79 Å². The maximum absolute atomic E-state index is 11.2. The van der Waals surface area contributed by atoms with Crippen molar-refractivity contribution in [2.24, 2.45) is 5.73 Å². The van der Waals surface area contributed by atoms with Crippen molar-refractivity contribution in [2.75, 3.05) is 20.3 Å². The van der Waals surface area contributed by atoms with Crippen LogP contribution in [0.4, 0.5) is 0 Å². The second kappa shape index (κ2) is 11.8. The maximum Gasteiger partial charge on any atom is 0.220 e. The molecular weight excluding hydrogens is 216 g/mol. The predicted octanol–water partition coefficient (Wildman–Crippen LogP) is 1.08. The first kappa shape index (κ1) is 17.1. The van der Waals surface area contributed by atoms with Gasteiger partial charge in [0.25, 0.3) is 0 Å². The molecule has 1 amide bonds. The molecule has 0 saturated heterocycles. The van der Waals surface area contributed by atoms with E-state index >= 15 is 0 Å². The van der Waals surface area contributed by atoms with Gasteiger partial charge in [0.05, 0.1) is 0 Å². The summed E-state index contributed by atoms with van der Waals surface area (Å²) in [5, 5.41) is 2.85. The van der Waals surface area contributed by atoms with E-state index in [-0.39, 0.29) is 24.4 Å². The monoisotopic (exact) mass is 238 g/mol. The number of carbonyl (C=O) groups is 1. The molecule has 1 atom stereocenters. The zero-order valence-electron chi connectivity index (χ0n) is 9.62. The van der Waals surface area contributed by atoms with Crippen molar-refractivity contribution in [2.45, 2.75) is 38.6 Å². The molecule has 0 aliphatic carbocycles. The average molecular weight is 239 g/mol. The van der Waals surface area contributed by atoms with Crippen molar-refractivity contribution < 1.29 is 9.53 Å². The van der Waals surface area contributed by atoms with Crippen LogP contribution in [0.1, 0.15) is 32.6 Å². The Morgan fingerprint density at radius 3 is 2.67 bits per heavy atom. The third kappa shape index (κ3) is 13.7. The molecule has 0 radical (unpaired) electrons. The van der Waals surface area contributed by atoms with E-state index in [1.54, 1.807) is 7.11 Å². The van der Waals surface area contributed by atoms with Crippen LogP contribution in [0.5, 0.6) is 0 Å². The number of rotatable bonds is 8. The minimum absolute atomic E-state index is 0. The van der Waals surface area contributed by atoms with Crippen LogP contribution < -0.4 is 11.1 Å². The van der Waals surface area contributed by atoms with Crippen LogP contribution in [0.25, 0.3) is 0 Å². The predicted molar refractivity (Wildman–Crippen MR) is 64.3 cm³/mol. The lowest BCUT2D eigenvalue weighted by Crippen LogP contribution is -2.26. The number of nitrogens with one attached hydrogen (secondary N) is 1. The number of methoxy groups -OCH3 is 1. The summed E-state index contributed by atoms with van der Waals surface area (Å²) < 4.78 is 4.90. The average Bonchev–Trinajstić information content (AvgIpc) is 2.14. The highest BCUT2D eigenvalue weighted by molar-refractivity contribution is 5.85. The summed E-state index contributed by atoms with van der Waals surface area (Å²) in [6.07, 6.45) is 3.24. The molecule has 0 aromatic carbocycles. The highest BCUT2D eigenvalue weighted by Crippen LogP contribution is 1.93. The van der Waals surface area contributed by atoms with Crippen molar-refractivity contribution in [1.29, 1.82) is 0 Å². The lowest BCUT2D eigenvalue weighted by Gasteiger charge is -2.06. The molecule has 92 valence electrons. The Kier molecular flexibility index (Phi) is 13.4. The van der Waals surface area contributed by atoms with Gasteiger partial charge < -0.3 is 15.8 Å². The molecule has 0 saturated carbocycles. The summed E-state index contributed by atoms with van der Waals surface area (Å²) in [4.78, 5) is 11.2. The molecular formula is C10H23ClN2O2. The van der Waals surface area contributed by atoms with Crippen molar-refractivity contribution in [1.82, 2.24) is 5.32 Å². The molecule has 0 aromatic rings. The second-order valence-electron chi connectivity index (χ2n) is 3.57. The molecule has 1 unspecified atom stereocenters. The number of unbranched alkanes of at least 4 members (excludes halogenated alkanes) is 1. The first-order chi connectivity index (χ1) is 6.66. The van der Waals surface area contributed by atoms with Gasteiger partial charge in [0.2, 0.25) is 5.91 Å². The van der Waals surface area contributed by atoms with Crippen LogP contribution in [0.2, 0.25) is 0 Å². The minimum atomic E-state index is 0. The molecule has 0 spiro atoms. The Morgan fingerprint density at radius 1 is 1.47 bits per heavy atom. The number of ether oxygens (including phenoxy) is 1. The molecule has 0 aromatic heterocycles. The van der Waals surface area contributed by atoms with Crippen LogP contribution in [-0.2, 0) is 9.53 Å². The zero-order chi connectivity index (χ0) is 10.8. The molecule has 3 N–H and O–H groups in total. The van der Waals surface area contributed by atoms with Gasteiger partial charge in [-0.1, -0.05) is 0 Å². The number of nitrogens with two attached hydrogens (primary N) is 1. The van der Waals surface area contributed by atoms with E-state index in [1.807, 2.05) is 6.92 Å². The van der Waals surface area contributed by atoms with Crippen LogP contribution >= 0.6 is 12.4 Å². The molecule has 0 heterocycles. The summed E-state index contributed by atoms with van der Waals surface area (Å²) in [6.45, 7) is 3.41. The van der Waals surface area contributed by atoms with Crippen LogP contribution in [0, 0.1) is 0 Å². The largest absolute Gasteiger partial charge is 0.385 e. The molecule has 0 bridgehead atoms. The van der Waals surface area contributed by atoms with Gasteiger partial charge in [-0.25, -0.2) is 0 Å². The topological polar surface area (TPSA) is 64.3 Å². The Labute approximate surface area is 98.3 Å². The van der Waals surface area contributed by atoms with Crippen LogP contribution in [0.3, 0.4) is 0 Å². The normalized spacial score (nSPS) is 11.7. The molecule has 4 nitrogen and oxygen atoms in total. The quantitative estimate of drug-likeness (QED) is 0.622.